The lowest BCUT2D eigenvalue weighted by atomic mass is 9.45. The predicted molar refractivity (Wildman–Crippen MR) is 199 cm³/mol. The van der Waals surface area contributed by atoms with E-state index in [-0.39, 0.29) is 11.1 Å². The fourth-order valence-electron chi connectivity index (χ4n) is 9.68. The Morgan fingerprint density at radius 2 is 1.40 bits per heavy atom. The molecule has 336 valence electrons. The van der Waals surface area contributed by atoms with Crippen molar-refractivity contribution in [3.63, 3.8) is 0 Å². The van der Waals surface area contributed by atoms with Gasteiger partial charge in [0.25, 0.3) is 0 Å². The molecule has 2 aromatic rings. The molecule has 0 amide bonds. The molecule has 1 spiro atoms. The summed E-state index contributed by atoms with van der Waals surface area (Å²) in [7, 11) is 0. The van der Waals surface area contributed by atoms with E-state index in [1.165, 1.54) is 38.2 Å². The van der Waals surface area contributed by atoms with Gasteiger partial charge in [0.2, 0.25) is 5.76 Å². The highest BCUT2D eigenvalue weighted by Crippen LogP contribution is 2.70. The molecule has 2 aliphatic heterocycles. The third-order valence-electron chi connectivity index (χ3n) is 12.3. The first-order valence-corrected chi connectivity index (χ1v) is 19.4. The van der Waals surface area contributed by atoms with Gasteiger partial charge in [-0.1, -0.05) is 6.92 Å². The number of esters is 8. The van der Waals surface area contributed by atoms with Crippen molar-refractivity contribution >= 4 is 47.8 Å². The van der Waals surface area contributed by atoms with Gasteiger partial charge in [0.05, 0.1) is 17.7 Å². The van der Waals surface area contributed by atoms with Crippen LogP contribution in [0.15, 0.2) is 41.3 Å². The van der Waals surface area contributed by atoms with Crippen LogP contribution in [0.3, 0.4) is 0 Å². The lowest BCUT2D eigenvalue weighted by molar-refractivity contribution is -0.386. The van der Waals surface area contributed by atoms with Gasteiger partial charge in [-0.2, -0.15) is 0 Å². The monoisotopic (exact) mass is 873 g/mol. The highest BCUT2D eigenvalue weighted by Gasteiger charge is 2.92. The van der Waals surface area contributed by atoms with E-state index < -0.39 is 143 Å². The van der Waals surface area contributed by atoms with Crippen molar-refractivity contribution in [3.8, 4) is 0 Å². The quantitative estimate of drug-likeness (QED) is 0.277. The predicted octanol–water partition coefficient (Wildman–Crippen LogP) is 1.04. The normalized spacial score (nSPS) is 37.3. The summed E-state index contributed by atoms with van der Waals surface area (Å²) in [5.41, 5.74) is -13.6. The van der Waals surface area contributed by atoms with Crippen LogP contribution in [0.1, 0.15) is 94.7 Å². The standard InChI is InChI=1S/C41H47NO20/c1-18-24-12-13-42-15-25(24)34(48)55-16-37(7)27-28(56-20(3)44)32(58-22(5)46)40(17-54-19(2)43)33(59-23(6)47)29(60-35(49)26-11-10-14-53-26)31(61-36(50)38(18,8)51)39(9,52)41(40,62-37)30(27)57-21(4)45/h10-15,18,27-33,51-52H,16-17H2,1-9H3/t18?,27-,28-,29+,30-,31+,32-,33+,37+,38?,39+,40-,41+/m1/s1. The molecule has 2 N–H and O–H groups in total. The largest absolute Gasteiger partial charge is 0.465 e. The number of furan rings is 1. The van der Waals surface area contributed by atoms with Gasteiger partial charge in [0.15, 0.2) is 35.6 Å². The summed E-state index contributed by atoms with van der Waals surface area (Å²) in [6, 6.07) is 3.85. The Kier molecular flexibility index (Phi) is 11.8. The van der Waals surface area contributed by atoms with Crippen molar-refractivity contribution in [2.45, 2.75) is 127 Å². The van der Waals surface area contributed by atoms with E-state index in [0.29, 0.717) is 0 Å². The topological polar surface area (TPSA) is 286 Å². The molecule has 2 saturated carbocycles. The number of fused-ring (bicyclic) bond motifs is 5. The Labute approximate surface area is 353 Å². The molecule has 0 aromatic carbocycles. The zero-order valence-corrected chi connectivity index (χ0v) is 35.2. The summed E-state index contributed by atoms with van der Waals surface area (Å²) in [4.78, 5) is 113. The second-order valence-corrected chi connectivity index (χ2v) is 16.4. The Bertz CT molecular complexity index is 2170. The van der Waals surface area contributed by atoms with E-state index in [9.17, 15) is 48.6 Å². The van der Waals surface area contributed by atoms with Crippen LogP contribution in [0.5, 0.6) is 0 Å². The maximum Gasteiger partial charge on any atom is 0.374 e. The van der Waals surface area contributed by atoms with Crippen LogP contribution in [0, 0.1) is 11.3 Å². The van der Waals surface area contributed by atoms with E-state index in [4.69, 9.17) is 47.0 Å². The smallest absolute Gasteiger partial charge is 0.374 e. The molecule has 62 heavy (non-hydrogen) atoms. The highest BCUT2D eigenvalue weighted by atomic mass is 16.7. The van der Waals surface area contributed by atoms with Gasteiger partial charge in [0.1, 0.15) is 42.0 Å². The minimum Gasteiger partial charge on any atom is -0.465 e. The molecule has 3 fully saturated rings. The molecular formula is C41H47NO20. The lowest BCUT2D eigenvalue weighted by Gasteiger charge is -2.67. The molecule has 21 heteroatoms. The molecule has 4 bridgehead atoms. The van der Waals surface area contributed by atoms with Crippen LogP contribution in [0.4, 0.5) is 0 Å². The number of hydrogen-bond donors (Lipinski definition) is 2. The average molecular weight is 874 g/mol. The first-order valence-electron chi connectivity index (χ1n) is 19.4. The number of aliphatic hydroxyl groups is 2. The van der Waals surface area contributed by atoms with Crippen molar-refractivity contribution in [1.82, 2.24) is 4.98 Å². The molecule has 0 radical (unpaired) electrons. The van der Waals surface area contributed by atoms with Crippen molar-refractivity contribution < 1.29 is 95.6 Å². The Morgan fingerprint density at radius 1 is 0.806 bits per heavy atom. The number of hydrogen-bond acceptors (Lipinski definition) is 21. The van der Waals surface area contributed by atoms with Crippen LogP contribution in [0.2, 0.25) is 0 Å². The van der Waals surface area contributed by atoms with Gasteiger partial charge in [0, 0.05) is 52.9 Å². The van der Waals surface area contributed by atoms with Crippen LogP contribution >= 0.6 is 0 Å². The molecule has 6 rings (SSSR count). The maximum absolute atomic E-state index is 14.6. The Balaban J connectivity index is 1.81. The van der Waals surface area contributed by atoms with Gasteiger partial charge in [-0.25, -0.2) is 14.4 Å². The SMILES string of the molecule is CC(=O)OC[C@]12[C@H](OC(C)=O)[C@H](OC(C)=O)[C@@H]3[C@@H](OC(C)=O)[C@@]14O[C@@]3(C)COC(=O)c1cnccc1C(C)C(C)(O)C(=O)O[C@@H]([C@H](OC(=O)c1ccco1)[C@@H]2OC(C)=O)[C@]4(C)O. The Hall–Kier alpha value is -5.93. The van der Waals surface area contributed by atoms with E-state index in [1.807, 2.05) is 0 Å². The zero-order valence-electron chi connectivity index (χ0n) is 35.2. The third kappa shape index (κ3) is 7.14. The first-order chi connectivity index (χ1) is 28.9. The highest BCUT2D eigenvalue weighted by molar-refractivity contribution is 5.92. The van der Waals surface area contributed by atoms with Gasteiger partial charge in [-0.05, 0) is 44.5 Å². The zero-order chi connectivity index (χ0) is 45.9. The molecule has 4 heterocycles. The molecule has 4 aliphatic rings. The molecule has 2 unspecified atom stereocenters. The Morgan fingerprint density at radius 3 is 1.97 bits per heavy atom. The summed E-state index contributed by atoms with van der Waals surface area (Å²) in [5, 5.41) is 25.7. The average Bonchev–Trinajstić information content (AvgIpc) is 3.79. The number of rotatable bonds is 8. The molecule has 2 aromatic heterocycles. The van der Waals surface area contributed by atoms with Crippen LogP contribution in [-0.2, 0) is 71.4 Å². The first kappa shape index (κ1) is 45.6. The summed E-state index contributed by atoms with van der Waals surface area (Å²) < 4.78 is 59.8. The number of nitrogens with zero attached hydrogens (tertiary/aromatic N) is 1. The number of pyridine rings is 1. The molecule has 1 saturated heterocycles. The van der Waals surface area contributed by atoms with Crippen molar-refractivity contribution in [3.05, 3.63) is 53.7 Å². The summed E-state index contributed by atoms with van der Waals surface area (Å²) in [6.45, 7) is 7.54. The van der Waals surface area contributed by atoms with Gasteiger partial charge in [-0.15, -0.1) is 0 Å². The fraction of sp³-hybridized carbons (Fsp3) is 0.585. The summed E-state index contributed by atoms with van der Waals surface area (Å²) in [6.07, 6.45) is -9.42. The van der Waals surface area contributed by atoms with Crippen molar-refractivity contribution in [2.75, 3.05) is 13.2 Å². The van der Waals surface area contributed by atoms with E-state index in [2.05, 4.69) is 4.98 Å². The van der Waals surface area contributed by atoms with Gasteiger partial charge >= 0.3 is 47.8 Å². The summed E-state index contributed by atoms with van der Waals surface area (Å²) >= 11 is 0. The molecule has 13 atom stereocenters. The molecular weight excluding hydrogens is 826 g/mol. The fourth-order valence-corrected chi connectivity index (χ4v) is 9.68. The second-order valence-electron chi connectivity index (χ2n) is 16.4. The number of carbonyl (C=O) groups excluding carboxylic acids is 8. The van der Waals surface area contributed by atoms with Crippen LogP contribution < -0.4 is 0 Å². The van der Waals surface area contributed by atoms with E-state index in [0.717, 1.165) is 60.9 Å². The molecule has 2 aliphatic carbocycles. The van der Waals surface area contributed by atoms with Crippen LogP contribution in [-0.4, -0.2) is 135 Å². The number of cyclic esters (lactones) is 1. The minimum atomic E-state index is -3.02. The van der Waals surface area contributed by atoms with E-state index in [1.54, 1.807) is 0 Å². The second kappa shape index (κ2) is 16.1. The minimum absolute atomic E-state index is 0.0385. The van der Waals surface area contributed by atoms with Gasteiger partial charge in [-0.3, -0.25) is 29.0 Å². The summed E-state index contributed by atoms with van der Waals surface area (Å²) in [5.74, 6) is -12.7. The van der Waals surface area contributed by atoms with E-state index >= 15 is 0 Å². The maximum atomic E-state index is 14.6. The third-order valence-corrected chi connectivity index (χ3v) is 12.3. The number of aromatic nitrogens is 1. The van der Waals surface area contributed by atoms with Crippen LogP contribution in [0.25, 0.3) is 0 Å². The van der Waals surface area contributed by atoms with Crippen molar-refractivity contribution in [1.29, 1.82) is 0 Å². The number of carbonyl (C=O) groups is 8. The number of ether oxygens (including phenoxy) is 9. The van der Waals surface area contributed by atoms with Crippen molar-refractivity contribution in [2.24, 2.45) is 11.3 Å². The lowest BCUT2D eigenvalue weighted by Crippen LogP contribution is -2.89. The molecule has 21 nitrogen and oxygen atoms in total. The van der Waals surface area contributed by atoms with Gasteiger partial charge < -0.3 is 57.3 Å².